The first-order chi connectivity index (χ1) is 7.15. The lowest BCUT2D eigenvalue weighted by Crippen LogP contribution is -2.40. The Morgan fingerprint density at radius 1 is 1.73 bits per heavy atom. The molecule has 0 unspecified atom stereocenters. The van der Waals surface area contributed by atoms with Gasteiger partial charge in [-0.3, -0.25) is 4.79 Å². The third-order valence-corrected chi connectivity index (χ3v) is 2.23. The van der Waals surface area contributed by atoms with Crippen molar-refractivity contribution in [3.8, 4) is 0 Å². The van der Waals surface area contributed by atoms with Crippen LogP contribution in [0.5, 0.6) is 0 Å². The van der Waals surface area contributed by atoms with Crippen molar-refractivity contribution < 1.29 is 4.79 Å². The van der Waals surface area contributed by atoms with Crippen LogP contribution in [0.25, 0.3) is 0 Å². The molecule has 1 rings (SSSR count). The quantitative estimate of drug-likeness (QED) is 0.668. The molecule has 6 nitrogen and oxygen atoms in total. The fourth-order valence-electron chi connectivity index (χ4n) is 1.15. The lowest BCUT2D eigenvalue weighted by molar-refractivity contribution is -0.122. The monoisotopic (exact) mass is 211 g/mol. The number of nitrogens with two attached hydrogens (primary N) is 1. The van der Waals surface area contributed by atoms with Crippen molar-refractivity contribution in [2.75, 3.05) is 6.54 Å². The molecule has 0 spiro atoms. The lowest BCUT2D eigenvalue weighted by atomic mass is 10.2. The van der Waals surface area contributed by atoms with Crippen LogP contribution >= 0.6 is 0 Å². The molecule has 6 heteroatoms. The number of carbonyl (C=O) groups is 1. The average Bonchev–Trinajstić information content (AvgIpc) is 2.63. The highest BCUT2D eigenvalue weighted by Gasteiger charge is 2.10. The second kappa shape index (κ2) is 5.45. The van der Waals surface area contributed by atoms with Gasteiger partial charge in [0.25, 0.3) is 0 Å². The van der Waals surface area contributed by atoms with E-state index in [0.717, 1.165) is 5.82 Å². The van der Waals surface area contributed by atoms with Gasteiger partial charge in [0.05, 0.1) is 6.04 Å². The third kappa shape index (κ3) is 3.32. The zero-order valence-corrected chi connectivity index (χ0v) is 9.10. The minimum atomic E-state index is -0.413. The fourth-order valence-corrected chi connectivity index (χ4v) is 1.15. The van der Waals surface area contributed by atoms with Gasteiger partial charge in [-0.1, -0.05) is 6.92 Å². The van der Waals surface area contributed by atoms with Crippen molar-refractivity contribution in [3.05, 3.63) is 12.2 Å². The Morgan fingerprint density at radius 2 is 2.47 bits per heavy atom. The summed E-state index contributed by atoms with van der Waals surface area (Å²) < 4.78 is 1.83. The topological polar surface area (TPSA) is 85.8 Å². The molecule has 3 N–H and O–H groups in total. The lowest BCUT2D eigenvalue weighted by Gasteiger charge is -2.09. The number of hydrogen-bond donors (Lipinski definition) is 2. The van der Waals surface area contributed by atoms with Crippen LogP contribution in [0.15, 0.2) is 6.33 Å². The summed E-state index contributed by atoms with van der Waals surface area (Å²) >= 11 is 0. The van der Waals surface area contributed by atoms with Crippen LogP contribution in [0.1, 0.15) is 19.2 Å². The molecule has 0 radical (unpaired) electrons. The minimum absolute atomic E-state index is 0.111. The number of nitrogens with zero attached hydrogens (tertiary/aromatic N) is 3. The second-order valence-corrected chi connectivity index (χ2v) is 3.41. The van der Waals surface area contributed by atoms with Crippen LogP contribution < -0.4 is 11.1 Å². The van der Waals surface area contributed by atoms with Gasteiger partial charge < -0.3 is 15.6 Å². The highest BCUT2D eigenvalue weighted by atomic mass is 16.2. The molecule has 0 fully saturated rings. The van der Waals surface area contributed by atoms with E-state index >= 15 is 0 Å². The Morgan fingerprint density at radius 3 is 3.00 bits per heavy atom. The summed E-state index contributed by atoms with van der Waals surface area (Å²) in [6.45, 7) is 2.42. The molecular formula is C9H17N5O. The molecule has 0 saturated carbocycles. The van der Waals surface area contributed by atoms with Crippen molar-refractivity contribution in [2.24, 2.45) is 12.8 Å². The smallest absolute Gasteiger partial charge is 0.236 e. The van der Waals surface area contributed by atoms with Crippen molar-refractivity contribution in [1.82, 2.24) is 20.1 Å². The largest absolute Gasteiger partial charge is 0.354 e. The van der Waals surface area contributed by atoms with Crippen LogP contribution in [-0.2, 0) is 18.3 Å². The number of nitrogens with one attached hydrogen (secondary N) is 1. The fraction of sp³-hybridized carbons (Fsp3) is 0.667. The van der Waals surface area contributed by atoms with Crippen LogP contribution in [0, 0.1) is 0 Å². The van der Waals surface area contributed by atoms with E-state index in [1.54, 1.807) is 6.33 Å². The van der Waals surface area contributed by atoms with Gasteiger partial charge in [-0.05, 0) is 6.42 Å². The summed E-state index contributed by atoms with van der Waals surface area (Å²) in [6.07, 6.45) is 2.95. The number of hydrogen-bond acceptors (Lipinski definition) is 4. The molecule has 0 aliphatic rings. The molecular weight excluding hydrogens is 194 g/mol. The zero-order valence-electron chi connectivity index (χ0n) is 9.10. The van der Waals surface area contributed by atoms with Crippen molar-refractivity contribution in [3.63, 3.8) is 0 Å². The first-order valence-electron chi connectivity index (χ1n) is 5.01. The van der Waals surface area contributed by atoms with E-state index < -0.39 is 6.04 Å². The van der Waals surface area contributed by atoms with Crippen LogP contribution in [0.3, 0.4) is 0 Å². The summed E-state index contributed by atoms with van der Waals surface area (Å²) in [5, 5.41) is 10.4. The van der Waals surface area contributed by atoms with E-state index in [-0.39, 0.29) is 5.91 Å². The minimum Gasteiger partial charge on any atom is -0.354 e. The molecule has 1 amide bonds. The summed E-state index contributed by atoms with van der Waals surface area (Å²) in [7, 11) is 1.87. The number of aromatic nitrogens is 3. The first kappa shape index (κ1) is 11.6. The first-order valence-corrected chi connectivity index (χ1v) is 5.01. The van der Waals surface area contributed by atoms with E-state index in [9.17, 15) is 4.79 Å². The van der Waals surface area contributed by atoms with Gasteiger partial charge in [0.15, 0.2) is 0 Å². The third-order valence-electron chi connectivity index (χ3n) is 2.23. The molecule has 84 valence electrons. The molecule has 1 aromatic rings. The average molecular weight is 211 g/mol. The van der Waals surface area contributed by atoms with Gasteiger partial charge in [0.2, 0.25) is 5.91 Å². The number of aryl methyl sites for hydroxylation is 1. The Bertz CT molecular complexity index is 322. The highest BCUT2D eigenvalue weighted by Crippen LogP contribution is 1.92. The molecule has 0 saturated heterocycles. The van der Waals surface area contributed by atoms with Crippen molar-refractivity contribution >= 4 is 5.91 Å². The maximum absolute atomic E-state index is 11.3. The van der Waals surface area contributed by atoms with E-state index in [0.29, 0.717) is 19.4 Å². The van der Waals surface area contributed by atoms with Crippen molar-refractivity contribution in [1.29, 1.82) is 0 Å². The maximum Gasteiger partial charge on any atom is 0.236 e. The molecule has 15 heavy (non-hydrogen) atoms. The summed E-state index contributed by atoms with van der Waals surface area (Å²) in [6, 6.07) is -0.413. The van der Waals surface area contributed by atoms with E-state index in [2.05, 4.69) is 15.5 Å². The number of carbonyl (C=O) groups excluding carboxylic acids is 1. The predicted octanol–water partition coefficient (Wildman–Crippen LogP) is -0.789. The molecule has 1 atom stereocenters. The Hall–Kier alpha value is -1.43. The van der Waals surface area contributed by atoms with E-state index in [1.807, 2.05) is 18.5 Å². The Balaban J connectivity index is 2.28. The van der Waals surface area contributed by atoms with Crippen LogP contribution in [0.2, 0.25) is 0 Å². The van der Waals surface area contributed by atoms with Gasteiger partial charge in [-0.25, -0.2) is 0 Å². The van der Waals surface area contributed by atoms with Gasteiger partial charge >= 0.3 is 0 Å². The van der Waals surface area contributed by atoms with E-state index in [4.69, 9.17) is 5.73 Å². The summed E-state index contributed by atoms with van der Waals surface area (Å²) in [4.78, 5) is 11.3. The highest BCUT2D eigenvalue weighted by molar-refractivity contribution is 5.81. The van der Waals surface area contributed by atoms with Gasteiger partial charge in [0.1, 0.15) is 12.2 Å². The second-order valence-electron chi connectivity index (χ2n) is 3.41. The number of amides is 1. The predicted molar refractivity (Wildman–Crippen MR) is 56.0 cm³/mol. The molecule has 0 aliphatic heterocycles. The Labute approximate surface area is 88.9 Å². The van der Waals surface area contributed by atoms with Gasteiger partial charge in [-0.2, -0.15) is 0 Å². The summed E-state index contributed by atoms with van der Waals surface area (Å²) in [5.74, 6) is 0.736. The summed E-state index contributed by atoms with van der Waals surface area (Å²) in [5.41, 5.74) is 5.56. The SMILES string of the molecule is CC[C@H](N)C(=O)NCCc1nncn1C. The molecule has 0 aliphatic carbocycles. The van der Waals surface area contributed by atoms with Crippen LogP contribution in [-0.4, -0.2) is 33.3 Å². The molecule has 1 heterocycles. The molecule has 0 bridgehead atoms. The Kier molecular flexibility index (Phi) is 4.23. The zero-order chi connectivity index (χ0) is 11.3. The van der Waals surface area contributed by atoms with E-state index in [1.165, 1.54) is 0 Å². The maximum atomic E-state index is 11.3. The molecule has 0 aromatic carbocycles. The standard InChI is InChI=1S/C9H17N5O/c1-3-7(10)9(15)11-5-4-8-13-12-6-14(8)2/h6-7H,3-5,10H2,1-2H3,(H,11,15)/t7-/m0/s1. The van der Waals surface area contributed by atoms with Gasteiger partial charge in [0, 0.05) is 20.0 Å². The molecule has 1 aromatic heterocycles. The van der Waals surface area contributed by atoms with Crippen LogP contribution in [0.4, 0.5) is 0 Å². The van der Waals surface area contributed by atoms with Gasteiger partial charge in [-0.15, -0.1) is 10.2 Å². The normalized spacial score (nSPS) is 12.5. The number of rotatable bonds is 5. The van der Waals surface area contributed by atoms with Crippen molar-refractivity contribution in [2.45, 2.75) is 25.8 Å².